The van der Waals surface area contributed by atoms with E-state index in [-0.39, 0.29) is 25.1 Å². The van der Waals surface area contributed by atoms with Crippen molar-refractivity contribution in [2.45, 2.75) is 12.6 Å². The third-order valence-corrected chi connectivity index (χ3v) is 4.07. The minimum Gasteiger partial charge on any atom is -0.482 e. The van der Waals surface area contributed by atoms with E-state index in [1.54, 1.807) is 18.2 Å². The van der Waals surface area contributed by atoms with Crippen LogP contribution >= 0.6 is 35.6 Å². The SMILES string of the molecule is CN1CCNCC1c1noc(COc2ccc(Cl)cc2Cl)n1.Cl. The quantitative estimate of drug-likeness (QED) is 0.881. The topological polar surface area (TPSA) is 63.4 Å². The third kappa shape index (κ3) is 4.49. The second-order valence-electron chi connectivity index (χ2n) is 5.11. The van der Waals surface area contributed by atoms with Crippen LogP contribution in [-0.4, -0.2) is 41.7 Å². The van der Waals surface area contributed by atoms with Crippen molar-refractivity contribution in [1.82, 2.24) is 20.4 Å². The van der Waals surface area contributed by atoms with E-state index in [4.69, 9.17) is 32.5 Å². The lowest BCUT2D eigenvalue weighted by molar-refractivity contribution is 0.189. The van der Waals surface area contributed by atoms with Crippen LogP contribution in [0.3, 0.4) is 0 Å². The fraction of sp³-hybridized carbons (Fsp3) is 0.429. The Labute approximate surface area is 150 Å². The molecule has 6 nitrogen and oxygen atoms in total. The Balaban J connectivity index is 0.00000192. The van der Waals surface area contributed by atoms with Gasteiger partial charge in [0.05, 0.1) is 11.1 Å². The molecule has 1 N–H and O–H groups in total. The average Bonchev–Trinajstić information content (AvgIpc) is 2.95. The number of benzene rings is 1. The molecule has 1 fully saturated rings. The van der Waals surface area contributed by atoms with Crippen LogP contribution in [0, 0.1) is 0 Å². The average molecular weight is 380 g/mol. The highest BCUT2D eigenvalue weighted by atomic mass is 35.5. The molecule has 0 amide bonds. The number of hydrogen-bond donors (Lipinski definition) is 1. The van der Waals surface area contributed by atoms with E-state index in [1.165, 1.54) is 0 Å². The fourth-order valence-corrected chi connectivity index (χ4v) is 2.75. The number of aromatic nitrogens is 2. The van der Waals surface area contributed by atoms with Crippen LogP contribution < -0.4 is 10.1 Å². The van der Waals surface area contributed by atoms with Crippen LogP contribution in [0.5, 0.6) is 5.75 Å². The lowest BCUT2D eigenvalue weighted by atomic mass is 10.2. The second kappa shape index (κ2) is 8.17. The minimum atomic E-state index is 0. The van der Waals surface area contributed by atoms with Crippen molar-refractivity contribution < 1.29 is 9.26 Å². The predicted molar refractivity (Wildman–Crippen MR) is 90.6 cm³/mol. The van der Waals surface area contributed by atoms with Crippen LogP contribution in [0.15, 0.2) is 22.7 Å². The molecular formula is C14H17Cl3N4O2. The van der Waals surface area contributed by atoms with Gasteiger partial charge in [0.1, 0.15) is 5.75 Å². The maximum Gasteiger partial charge on any atom is 0.264 e. The van der Waals surface area contributed by atoms with Gasteiger partial charge in [-0.05, 0) is 25.2 Å². The monoisotopic (exact) mass is 378 g/mol. The van der Waals surface area contributed by atoms with E-state index in [1.807, 2.05) is 7.05 Å². The molecule has 0 radical (unpaired) electrons. The van der Waals surface area contributed by atoms with E-state index in [9.17, 15) is 0 Å². The third-order valence-electron chi connectivity index (χ3n) is 3.54. The van der Waals surface area contributed by atoms with Gasteiger partial charge in [0.25, 0.3) is 5.89 Å². The smallest absolute Gasteiger partial charge is 0.264 e. The molecule has 1 atom stereocenters. The number of halogens is 3. The highest BCUT2D eigenvalue weighted by Crippen LogP contribution is 2.28. The van der Waals surface area contributed by atoms with Gasteiger partial charge in [-0.2, -0.15) is 4.98 Å². The zero-order chi connectivity index (χ0) is 15.5. The molecule has 0 bridgehead atoms. The molecule has 2 heterocycles. The number of nitrogens with one attached hydrogen (secondary N) is 1. The van der Waals surface area contributed by atoms with Crippen LogP contribution in [0.1, 0.15) is 17.8 Å². The standard InChI is InChI=1S/C14H16Cl2N4O2.ClH/c1-20-5-4-17-7-11(20)14-18-13(22-19-14)8-21-12-3-2-9(15)6-10(12)16;/h2-3,6,11,17H,4-5,7-8H2,1H3;1H. The second-order valence-corrected chi connectivity index (χ2v) is 5.95. The summed E-state index contributed by atoms with van der Waals surface area (Å²) in [6.45, 7) is 2.89. The molecule has 1 saturated heterocycles. The van der Waals surface area contributed by atoms with Crippen LogP contribution in [0.2, 0.25) is 10.0 Å². The molecule has 3 rings (SSSR count). The van der Waals surface area contributed by atoms with Crippen LogP contribution in [0.4, 0.5) is 0 Å². The molecule has 9 heteroatoms. The summed E-state index contributed by atoms with van der Waals surface area (Å²) in [4.78, 5) is 6.59. The van der Waals surface area contributed by atoms with Gasteiger partial charge < -0.3 is 14.6 Å². The number of piperazine rings is 1. The summed E-state index contributed by atoms with van der Waals surface area (Å²) in [5.41, 5.74) is 0. The van der Waals surface area contributed by atoms with Crippen LogP contribution in [0.25, 0.3) is 0 Å². The first kappa shape index (κ1) is 18.3. The van der Waals surface area contributed by atoms with E-state index in [0.29, 0.717) is 27.5 Å². The van der Waals surface area contributed by atoms with Crippen molar-refractivity contribution in [3.05, 3.63) is 40.0 Å². The molecular weight excluding hydrogens is 363 g/mol. The van der Waals surface area contributed by atoms with E-state index >= 15 is 0 Å². The summed E-state index contributed by atoms with van der Waals surface area (Å²) in [6, 6.07) is 5.16. The highest BCUT2D eigenvalue weighted by molar-refractivity contribution is 6.35. The molecule has 23 heavy (non-hydrogen) atoms. The molecule has 0 spiro atoms. The van der Waals surface area contributed by atoms with Crippen molar-refractivity contribution in [3.63, 3.8) is 0 Å². The zero-order valence-corrected chi connectivity index (χ0v) is 14.8. The maximum absolute atomic E-state index is 6.05. The first-order chi connectivity index (χ1) is 10.6. The lowest BCUT2D eigenvalue weighted by Crippen LogP contribution is -2.44. The normalized spacial score (nSPS) is 18.5. The van der Waals surface area contributed by atoms with Gasteiger partial charge in [-0.3, -0.25) is 4.90 Å². The number of rotatable bonds is 4. The van der Waals surface area contributed by atoms with Gasteiger partial charge in [0, 0.05) is 24.7 Å². The first-order valence-corrected chi connectivity index (χ1v) is 7.70. The molecule has 2 aromatic rings. The molecule has 0 saturated carbocycles. The number of ether oxygens (including phenoxy) is 1. The Morgan fingerprint density at radius 3 is 3.00 bits per heavy atom. The summed E-state index contributed by atoms with van der Waals surface area (Å²) < 4.78 is 10.8. The van der Waals surface area contributed by atoms with Gasteiger partial charge in [-0.1, -0.05) is 28.4 Å². The van der Waals surface area contributed by atoms with Crippen molar-refractivity contribution in [3.8, 4) is 5.75 Å². The molecule has 1 unspecified atom stereocenters. The summed E-state index contributed by atoms with van der Waals surface area (Å²) in [5.74, 6) is 1.61. The number of nitrogens with zero attached hydrogens (tertiary/aromatic N) is 3. The molecule has 1 aromatic heterocycles. The molecule has 1 aliphatic rings. The van der Waals surface area contributed by atoms with Gasteiger partial charge in [-0.25, -0.2) is 0 Å². The zero-order valence-electron chi connectivity index (χ0n) is 12.5. The van der Waals surface area contributed by atoms with Crippen molar-refractivity contribution in [2.24, 2.45) is 0 Å². The molecule has 126 valence electrons. The summed E-state index contributed by atoms with van der Waals surface area (Å²) in [6.07, 6.45) is 0. The van der Waals surface area contributed by atoms with Crippen LogP contribution in [-0.2, 0) is 6.61 Å². The van der Waals surface area contributed by atoms with Gasteiger partial charge in [0.15, 0.2) is 12.4 Å². The predicted octanol–water partition coefficient (Wildman–Crippen LogP) is 2.95. The Morgan fingerprint density at radius 2 is 2.26 bits per heavy atom. The summed E-state index contributed by atoms with van der Waals surface area (Å²) in [7, 11) is 2.05. The van der Waals surface area contributed by atoms with E-state index in [0.717, 1.165) is 19.6 Å². The Morgan fingerprint density at radius 1 is 1.43 bits per heavy atom. The van der Waals surface area contributed by atoms with Crippen molar-refractivity contribution in [1.29, 1.82) is 0 Å². The maximum atomic E-state index is 6.05. The molecule has 1 aliphatic heterocycles. The Bertz CT molecular complexity index is 653. The number of hydrogen-bond acceptors (Lipinski definition) is 6. The van der Waals surface area contributed by atoms with E-state index in [2.05, 4.69) is 20.4 Å². The molecule has 0 aliphatic carbocycles. The highest BCUT2D eigenvalue weighted by Gasteiger charge is 2.25. The Kier molecular flexibility index (Phi) is 6.50. The summed E-state index contributed by atoms with van der Waals surface area (Å²) in [5, 5.41) is 8.36. The number of likely N-dealkylation sites (N-methyl/N-ethyl adjacent to an activating group) is 1. The Hall–Kier alpha value is -1.05. The fourth-order valence-electron chi connectivity index (χ4n) is 2.29. The van der Waals surface area contributed by atoms with Gasteiger partial charge in [-0.15, -0.1) is 12.4 Å². The first-order valence-electron chi connectivity index (χ1n) is 6.95. The van der Waals surface area contributed by atoms with Crippen molar-refractivity contribution >= 4 is 35.6 Å². The van der Waals surface area contributed by atoms with E-state index < -0.39 is 0 Å². The lowest BCUT2D eigenvalue weighted by Gasteiger charge is -2.30. The molecule has 1 aromatic carbocycles. The minimum absolute atomic E-state index is 0. The van der Waals surface area contributed by atoms with Gasteiger partial charge in [0.2, 0.25) is 0 Å². The largest absolute Gasteiger partial charge is 0.482 e. The van der Waals surface area contributed by atoms with Crippen molar-refractivity contribution in [2.75, 3.05) is 26.7 Å². The summed E-state index contributed by atoms with van der Waals surface area (Å²) >= 11 is 11.9. The van der Waals surface area contributed by atoms with Gasteiger partial charge >= 0.3 is 0 Å².